The van der Waals surface area contributed by atoms with E-state index in [1.807, 2.05) is 60.7 Å². The largest absolute Gasteiger partial charge is 0.325 e. The van der Waals surface area contributed by atoms with Crippen LogP contribution in [0, 0.1) is 0 Å². The molecule has 3 aromatic rings. The van der Waals surface area contributed by atoms with E-state index in [2.05, 4.69) is 10.6 Å². The molecular formula is C28H26N4O4. The minimum atomic E-state index is -0.581. The Morgan fingerprint density at radius 2 is 0.861 bits per heavy atom. The number of hydrogen-bond donors (Lipinski definition) is 2. The molecule has 6 amide bonds. The Hall–Kier alpha value is -4.46. The van der Waals surface area contributed by atoms with Crippen molar-refractivity contribution in [2.24, 2.45) is 0 Å². The van der Waals surface area contributed by atoms with Gasteiger partial charge in [0.1, 0.15) is 12.1 Å². The quantitative estimate of drug-likeness (QED) is 0.482. The lowest BCUT2D eigenvalue weighted by Gasteiger charge is -2.15. The summed E-state index contributed by atoms with van der Waals surface area (Å²) < 4.78 is 0. The van der Waals surface area contributed by atoms with E-state index < -0.39 is 24.1 Å². The Bertz CT molecular complexity index is 1180. The summed E-state index contributed by atoms with van der Waals surface area (Å²) in [4.78, 5) is 52.9. The normalized spacial score (nSPS) is 19.6. The number of benzene rings is 3. The van der Waals surface area contributed by atoms with Crippen molar-refractivity contribution in [2.75, 3.05) is 0 Å². The molecule has 2 N–H and O–H groups in total. The third-order valence-corrected chi connectivity index (χ3v) is 6.48. The molecule has 0 saturated carbocycles. The van der Waals surface area contributed by atoms with Crippen molar-refractivity contribution in [1.29, 1.82) is 0 Å². The Labute approximate surface area is 208 Å². The number of urea groups is 2. The van der Waals surface area contributed by atoms with Crippen LogP contribution in [0.15, 0.2) is 84.9 Å². The molecule has 0 aliphatic carbocycles. The molecule has 8 heteroatoms. The van der Waals surface area contributed by atoms with Gasteiger partial charge in [-0.3, -0.25) is 19.4 Å². The lowest BCUT2D eigenvalue weighted by Crippen LogP contribution is -2.32. The average molecular weight is 483 g/mol. The first-order valence-electron chi connectivity index (χ1n) is 11.9. The van der Waals surface area contributed by atoms with Crippen LogP contribution in [0.2, 0.25) is 0 Å². The van der Waals surface area contributed by atoms with Crippen molar-refractivity contribution >= 4 is 23.9 Å². The Kier molecular flexibility index (Phi) is 6.49. The SMILES string of the molecule is O=C1NC(Cc2ccccc2)C(=O)N1Cc1ccc(CN2C(=O)NC(Cc3ccccc3)C2=O)cc1. The van der Waals surface area contributed by atoms with E-state index in [1.165, 1.54) is 9.80 Å². The second-order valence-corrected chi connectivity index (χ2v) is 9.05. The molecular weight excluding hydrogens is 456 g/mol. The van der Waals surface area contributed by atoms with Gasteiger partial charge in [0.05, 0.1) is 13.1 Å². The van der Waals surface area contributed by atoms with E-state index in [1.54, 1.807) is 24.3 Å². The monoisotopic (exact) mass is 482 g/mol. The van der Waals surface area contributed by atoms with Crippen LogP contribution < -0.4 is 10.6 Å². The van der Waals surface area contributed by atoms with E-state index >= 15 is 0 Å². The highest BCUT2D eigenvalue weighted by Gasteiger charge is 2.39. The highest BCUT2D eigenvalue weighted by molar-refractivity contribution is 6.05. The maximum Gasteiger partial charge on any atom is 0.325 e. The summed E-state index contributed by atoms with van der Waals surface area (Å²) in [7, 11) is 0. The zero-order valence-corrected chi connectivity index (χ0v) is 19.6. The predicted octanol–water partition coefficient (Wildman–Crippen LogP) is 3.01. The highest BCUT2D eigenvalue weighted by Crippen LogP contribution is 2.19. The first kappa shape index (κ1) is 23.3. The van der Waals surface area contributed by atoms with Crippen LogP contribution in [0.1, 0.15) is 22.3 Å². The standard InChI is InChI=1S/C28H26N4O4/c33-25-23(15-19-7-3-1-4-8-19)29-27(35)31(25)17-21-11-13-22(14-12-21)18-32-26(34)24(30-28(32)36)16-20-9-5-2-6-10-20/h1-14,23-24H,15-18H2,(H,29,35)(H,30,36). The predicted molar refractivity (Wildman–Crippen MR) is 132 cm³/mol. The van der Waals surface area contributed by atoms with Crippen molar-refractivity contribution < 1.29 is 19.2 Å². The fraction of sp³-hybridized carbons (Fsp3) is 0.214. The van der Waals surface area contributed by atoms with Crippen LogP contribution in [0.3, 0.4) is 0 Å². The number of amides is 6. The van der Waals surface area contributed by atoms with E-state index in [0.717, 1.165) is 22.3 Å². The maximum absolute atomic E-state index is 12.8. The second-order valence-electron chi connectivity index (χ2n) is 9.05. The van der Waals surface area contributed by atoms with Gasteiger partial charge in [0.25, 0.3) is 11.8 Å². The molecule has 0 bridgehead atoms. The summed E-state index contributed by atoms with van der Waals surface area (Å²) >= 11 is 0. The molecule has 0 radical (unpaired) electrons. The van der Waals surface area contributed by atoms with Crippen LogP contribution in [0.4, 0.5) is 9.59 Å². The van der Waals surface area contributed by atoms with Crippen molar-refractivity contribution in [3.05, 3.63) is 107 Å². The van der Waals surface area contributed by atoms with Crippen LogP contribution in [-0.4, -0.2) is 45.8 Å². The van der Waals surface area contributed by atoms with Crippen molar-refractivity contribution in [1.82, 2.24) is 20.4 Å². The topological polar surface area (TPSA) is 98.8 Å². The molecule has 2 aliphatic heterocycles. The highest BCUT2D eigenvalue weighted by atomic mass is 16.2. The van der Waals surface area contributed by atoms with Gasteiger partial charge in [-0.05, 0) is 22.3 Å². The summed E-state index contributed by atoms with van der Waals surface area (Å²) in [5.41, 5.74) is 3.52. The van der Waals surface area contributed by atoms with Crippen LogP contribution in [0.25, 0.3) is 0 Å². The van der Waals surface area contributed by atoms with Crippen molar-refractivity contribution in [3.8, 4) is 0 Å². The van der Waals surface area contributed by atoms with Crippen LogP contribution in [-0.2, 0) is 35.5 Å². The van der Waals surface area contributed by atoms with E-state index in [4.69, 9.17) is 0 Å². The number of rotatable bonds is 8. The molecule has 182 valence electrons. The van der Waals surface area contributed by atoms with E-state index in [9.17, 15) is 19.2 Å². The molecule has 36 heavy (non-hydrogen) atoms. The van der Waals surface area contributed by atoms with Crippen LogP contribution >= 0.6 is 0 Å². The molecule has 2 heterocycles. The van der Waals surface area contributed by atoms with Crippen LogP contribution in [0.5, 0.6) is 0 Å². The number of imide groups is 2. The van der Waals surface area contributed by atoms with Gasteiger partial charge >= 0.3 is 12.1 Å². The lowest BCUT2D eigenvalue weighted by atomic mass is 10.1. The summed E-state index contributed by atoms with van der Waals surface area (Å²) in [5.74, 6) is -0.506. The first-order chi connectivity index (χ1) is 17.5. The Morgan fingerprint density at radius 1 is 0.500 bits per heavy atom. The second kappa shape index (κ2) is 10.0. The zero-order valence-electron chi connectivity index (χ0n) is 19.6. The Morgan fingerprint density at radius 3 is 1.22 bits per heavy atom. The van der Waals surface area contributed by atoms with Gasteiger partial charge in [-0.1, -0.05) is 84.9 Å². The number of nitrogens with one attached hydrogen (secondary N) is 2. The van der Waals surface area contributed by atoms with Gasteiger partial charge in [0.2, 0.25) is 0 Å². The smallest absolute Gasteiger partial charge is 0.325 e. The number of hydrogen-bond acceptors (Lipinski definition) is 4. The van der Waals surface area contributed by atoms with Gasteiger partial charge in [0, 0.05) is 12.8 Å². The third kappa shape index (κ3) is 4.98. The molecule has 2 aliphatic rings. The van der Waals surface area contributed by atoms with E-state index in [0.29, 0.717) is 12.8 Å². The third-order valence-electron chi connectivity index (χ3n) is 6.48. The molecule has 2 fully saturated rings. The lowest BCUT2D eigenvalue weighted by molar-refractivity contribution is -0.128. The number of carbonyl (C=O) groups excluding carboxylic acids is 4. The maximum atomic E-state index is 12.8. The molecule has 2 unspecified atom stereocenters. The molecule has 3 aromatic carbocycles. The van der Waals surface area contributed by atoms with Gasteiger partial charge in [-0.2, -0.15) is 0 Å². The van der Waals surface area contributed by atoms with Crippen molar-refractivity contribution in [3.63, 3.8) is 0 Å². The number of nitrogens with zero attached hydrogens (tertiary/aromatic N) is 2. The van der Waals surface area contributed by atoms with Gasteiger partial charge in [-0.25, -0.2) is 9.59 Å². The molecule has 8 nitrogen and oxygen atoms in total. The fourth-order valence-electron chi connectivity index (χ4n) is 4.54. The molecule has 2 saturated heterocycles. The summed E-state index contributed by atoms with van der Waals surface area (Å²) in [6.45, 7) is 0.303. The summed E-state index contributed by atoms with van der Waals surface area (Å²) in [5, 5.41) is 5.52. The first-order valence-corrected chi connectivity index (χ1v) is 11.9. The Balaban J connectivity index is 1.18. The number of carbonyl (C=O) groups is 4. The minimum Gasteiger partial charge on any atom is -0.325 e. The summed E-state index contributed by atoms with van der Waals surface area (Å²) in [6, 6.07) is 24.4. The van der Waals surface area contributed by atoms with Crippen molar-refractivity contribution in [2.45, 2.75) is 38.0 Å². The van der Waals surface area contributed by atoms with Gasteiger partial charge < -0.3 is 10.6 Å². The molecule has 0 aromatic heterocycles. The van der Waals surface area contributed by atoms with Gasteiger partial charge in [0.15, 0.2) is 0 Å². The summed E-state index contributed by atoms with van der Waals surface area (Å²) in [6.07, 6.45) is 0.885. The molecule has 5 rings (SSSR count). The molecule has 2 atom stereocenters. The molecule has 0 spiro atoms. The van der Waals surface area contributed by atoms with E-state index in [-0.39, 0.29) is 24.9 Å². The fourth-order valence-corrected chi connectivity index (χ4v) is 4.54. The minimum absolute atomic E-state index is 0.151. The average Bonchev–Trinajstić information content (AvgIpc) is 3.30. The van der Waals surface area contributed by atoms with Gasteiger partial charge in [-0.15, -0.1) is 0 Å². The zero-order chi connectivity index (χ0) is 25.1.